The molecule has 0 aliphatic carbocycles. The Bertz CT molecular complexity index is 935. The summed E-state index contributed by atoms with van der Waals surface area (Å²) in [5.41, 5.74) is 1.80. The molecule has 1 unspecified atom stereocenters. The van der Waals surface area contributed by atoms with Gasteiger partial charge in [0.15, 0.2) is 0 Å². The van der Waals surface area contributed by atoms with Gasteiger partial charge in [0.2, 0.25) is 5.79 Å². The van der Waals surface area contributed by atoms with Crippen molar-refractivity contribution >= 4 is 11.6 Å². The van der Waals surface area contributed by atoms with Crippen molar-refractivity contribution in [3.05, 3.63) is 64.2 Å². The third-order valence-corrected chi connectivity index (χ3v) is 6.70. The van der Waals surface area contributed by atoms with Crippen molar-refractivity contribution < 1.29 is 35.0 Å². The van der Waals surface area contributed by atoms with Crippen LogP contribution in [0.2, 0.25) is 5.02 Å². The van der Waals surface area contributed by atoms with E-state index in [9.17, 15) is 25.5 Å². The van der Waals surface area contributed by atoms with Crippen molar-refractivity contribution in [2.45, 2.75) is 55.6 Å². The molecule has 2 heterocycles. The lowest BCUT2D eigenvalue weighted by molar-refractivity contribution is -0.357. The fourth-order valence-electron chi connectivity index (χ4n) is 4.34. The van der Waals surface area contributed by atoms with Crippen LogP contribution in [0.1, 0.15) is 29.5 Å². The fourth-order valence-corrected chi connectivity index (χ4v) is 4.52. The monoisotopic (exact) mass is 479 g/mol. The second-order valence-corrected chi connectivity index (χ2v) is 9.06. The maximum Gasteiger partial charge on any atom is 0.222 e. The zero-order chi connectivity index (χ0) is 23.6. The van der Waals surface area contributed by atoms with E-state index in [4.69, 9.17) is 21.1 Å². The molecular formula is C24H30ClNO7. The van der Waals surface area contributed by atoms with Gasteiger partial charge in [0.25, 0.3) is 0 Å². The lowest BCUT2D eigenvalue weighted by Crippen LogP contribution is -2.63. The van der Waals surface area contributed by atoms with Crippen LogP contribution in [0.5, 0.6) is 5.75 Å². The summed E-state index contributed by atoms with van der Waals surface area (Å²) in [5, 5.41) is 54.8. The van der Waals surface area contributed by atoms with Crippen molar-refractivity contribution in [3.63, 3.8) is 0 Å². The van der Waals surface area contributed by atoms with Gasteiger partial charge in [-0.05, 0) is 67.7 Å². The van der Waals surface area contributed by atoms with Gasteiger partial charge >= 0.3 is 0 Å². The average Bonchev–Trinajstić information content (AvgIpc) is 2.83. The number of hydrogen-bond acceptors (Lipinski definition) is 8. The first-order chi connectivity index (χ1) is 15.8. The lowest BCUT2D eigenvalue weighted by atomic mass is 9.87. The first-order valence-corrected chi connectivity index (χ1v) is 11.5. The smallest absolute Gasteiger partial charge is 0.222 e. The molecule has 33 heavy (non-hydrogen) atoms. The van der Waals surface area contributed by atoms with E-state index in [0.29, 0.717) is 17.0 Å². The molecule has 0 radical (unpaired) electrons. The van der Waals surface area contributed by atoms with Crippen LogP contribution in [0.3, 0.4) is 0 Å². The third-order valence-electron chi connectivity index (χ3n) is 6.33. The van der Waals surface area contributed by atoms with Gasteiger partial charge in [0.05, 0.1) is 6.61 Å². The summed E-state index contributed by atoms with van der Waals surface area (Å²) in [6, 6.07) is 12.4. The fraction of sp³-hybridized carbons (Fsp3) is 0.500. The van der Waals surface area contributed by atoms with E-state index in [1.165, 1.54) is 6.07 Å². The minimum Gasteiger partial charge on any atom is -0.490 e. The van der Waals surface area contributed by atoms with Gasteiger partial charge in [0.1, 0.15) is 36.3 Å². The highest BCUT2D eigenvalue weighted by Crippen LogP contribution is 2.38. The van der Waals surface area contributed by atoms with Crippen LogP contribution in [0.25, 0.3) is 0 Å². The molecule has 6 N–H and O–H groups in total. The number of aliphatic hydroxyl groups excluding tert-OH is 4. The summed E-state index contributed by atoms with van der Waals surface area (Å²) >= 11 is 6.39. The average molecular weight is 480 g/mol. The number of hydrogen-bond donors (Lipinski definition) is 6. The van der Waals surface area contributed by atoms with Crippen LogP contribution >= 0.6 is 11.6 Å². The highest BCUT2D eigenvalue weighted by Gasteiger charge is 2.53. The van der Waals surface area contributed by atoms with Crippen molar-refractivity contribution in [2.75, 3.05) is 19.7 Å². The summed E-state index contributed by atoms with van der Waals surface area (Å²) in [6.07, 6.45) is -3.72. The quantitative estimate of drug-likeness (QED) is 0.356. The van der Waals surface area contributed by atoms with Crippen LogP contribution in [-0.2, 0) is 16.9 Å². The van der Waals surface area contributed by atoms with Crippen molar-refractivity contribution in [1.29, 1.82) is 0 Å². The van der Waals surface area contributed by atoms with Gasteiger partial charge in [0, 0.05) is 10.6 Å². The number of rotatable bonds is 6. The molecule has 4 rings (SSSR count). The highest BCUT2D eigenvalue weighted by molar-refractivity contribution is 6.31. The van der Waals surface area contributed by atoms with E-state index >= 15 is 0 Å². The van der Waals surface area contributed by atoms with Crippen LogP contribution in [-0.4, -0.2) is 75.7 Å². The van der Waals surface area contributed by atoms with E-state index in [-0.39, 0.29) is 11.7 Å². The van der Waals surface area contributed by atoms with Gasteiger partial charge in [-0.2, -0.15) is 0 Å². The summed E-state index contributed by atoms with van der Waals surface area (Å²) in [7, 11) is 0. The van der Waals surface area contributed by atoms with Crippen LogP contribution in [0, 0.1) is 0 Å². The Morgan fingerprint density at radius 1 is 1.03 bits per heavy atom. The van der Waals surface area contributed by atoms with Gasteiger partial charge in [-0.1, -0.05) is 29.8 Å². The molecule has 0 saturated carbocycles. The van der Waals surface area contributed by atoms with E-state index in [1.807, 2.05) is 24.3 Å². The molecule has 5 atom stereocenters. The first-order valence-electron chi connectivity index (χ1n) is 11.1. The molecule has 0 spiro atoms. The molecule has 2 fully saturated rings. The number of benzene rings is 2. The molecule has 9 heteroatoms. The summed E-state index contributed by atoms with van der Waals surface area (Å²) in [4.78, 5) is 0. The standard InChI is InChI=1S/C24H30ClNO7/c25-19-6-3-16(24(31)23(30)22(29)21(28)20(13-27)33-24)12-15(19)11-14-1-4-17(5-2-14)32-18-7-9-26-10-8-18/h1-6,12,18,20-23,26-31H,7-11,13H2/t20-,21-,22+,23-,24?/m1/s1. The molecule has 2 aromatic rings. The highest BCUT2D eigenvalue weighted by atomic mass is 35.5. The Morgan fingerprint density at radius 2 is 1.73 bits per heavy atom. The molecule has 2 aliphatic rings. The summed E-state index contributed by atoms with van der Waals surface area (Å²) in [6.45, 7) is 1.27. The molecule has 0 amide bonds. The zero-order valence-electron chi connectivity index (χ0n) is 18.1. The van der Waals surface area contributed by atoms with Crippen molar-refractivity contribution in [2.24, 2.45) is 0 Å². The Labute approximate surface area is 197 Å². The normalized spacial score (nSPS) is 30.8. The largest absolute Gasteiger partial charge is 0.490 e. The van der Waals surface area contributed by atoms with E-state index in [1.54, 1.807) is 12.1 Å². The Hall–Kier alpha value is -1.75. The molecular weight excluding hydrogens is 450 g/mol. The molecule has 180 valence electrons. The Morgan fingerprint density at radius 3 is 2.39 bits per heavy atom. The topological polar surface area (TPSA) is 132 Å². The second-order valence-electron chi connectivity index (χ2n) is 8.66. The Balaban J connectivity index is 1.51. The van der Waals surface area contributed by atoms with E-state index < -0.39 is 36.8 Å². The molecule has 8 nitrogen and oxygen atoms in total. The van der Waals surface area contributed by atoms with Crippen molar-refractivity contribution in [1.82, 2.24) is 5.32 Å². The predicted molar refractivity (Wildman–Crippen MR) is 121 cm³/mol. The van der Waals surface area contributed by atoms with Crippen LogP contribution < -0.4 is 10.1 Å². The third kappa shape index (κ3) is 5.18. The molecule has 0 aromatic heterocycles. The lowest BCUT2D eigenvalue weighted by Gasteiger charge is -2.45. The number of nitrogens with one attached hydrogen (secondary N) is 1. The van der Waals surface area contributed by atoms with Crippen molar-refractivity contribution in [3.8, 4) is 5.75 Å². The number of aliphatic hydroxyl groups is 5. The van der Waals surface area contributed by atoms with E-state index in [2.05, 4.69) is 5.32 Å². The van der Waals surface area contributed by atoms with Gasteiger partial charge in [-0.3, -0.25) is 0 Å². The minimum absolute atomic E-state index is 0.157. The number of piperidine rings is 1. The van der Waals surface area contributed by atoms with Gasteiger partial charge in [-0.15, -0.1) is 0 Å². The molecule has 2 aromatic carbocycles. The van der Waals surface area contributed by atoms with E-state index in [0.717, 1.165) is 37.2 Å². The maximum atomic E-state index is 11.1. The Kier molecular flexibility index (Phi) is 7.57. The van der Waals surface area contributed by atoms with Gasteiger partial charge in [-0.25, -0.2) is 0 Å². The number of halogens is 1. The molecule has 2 saturated heterocycles. The van der Waals surface area contributed by atoms with Crippen LogP contribution in [0.15, 0.2) is 42.5 Å². The number of ether oxygens (including phenoxy) is 2. The first kappa shape index (κ1) is 24.4. The second kappa shape index (κ2) is 10.2. The molecule has 2 aliphatic heterocycles. The predicted octanol–water partition coefficient (Wildman–Crippen LogP) is 0.680. The summed E-state index contributed by atoms with van der Waals surface area (Å²) < 4.78 is 11.5. The zero-order valence-corrected chi connectivity index (χ0v) is 18.9. The van der Waals surface area contributed by atoms with Gasteiger partial charge < -0.3 is 40.3 Å². The minimum atomic E-state index is -2.32. The van der Waals surface area contributed by atoms with Crippen LogP contribution in [0.4, 0.5) is 0 Å². The maximum absolute atomic E-state index is 11.1. The SMILES string of the molecule is OC[C@H]1OC(O)(c2ccc(Cl)c(Cc3ccc(OC4CCNCC4)cc3)c2)[C@H](O)[C@@H](O)[C@@H]1O. The summed E-state index contributed by atoms with van der Waals surface area (Å²) in [5.74, 6) is -1.51. The molecule has 0 bridgehead atoms.